The number of likely N-dealkylation sites (N-methyl/N-ethyl adjacent to an activating group) is 1. The van der Waals surface area contributed by atoms with Gasteiger partial charge in [0.2, 0.25) is 0 Å². The smallest absolute Gasteiger partial charge is 0.0597 e. The molecule has 0 aromatic heterocycles. The Labute approximate surface area is 118 Å². The van der Waals surface area contributed by atoms with Gasteiger partial charge >= 0.3 is 0 Å². The van der Waals surface area contributed by atoms with E-state index in [0.29, 0.717) is 0 Å². The van der Waals surface area contributed by atoms with Crippen molar-refractivity contribution >= 4 is 0 Å². The Kier molecular flexibility index (Phi) is 6.62. The van der Waals surface area contributed by atoms with Crippen molar-refractivity contribution in [3.63, 3.8) is 0 Å². The molecule has 0 aromatic rings. The molecule has 19 heavy (non-hydrogen) atoms. The molecular weight excluding hydrogens is 236 g/mol. The van der Waals surface area contributed by atoms with E-state index in [4.69, 9.17) is 0 Å². The molecule has 2 fully saturated rings. The lowest BCUT2D eigenvalue weighted by molar-refractivity contribution is 0.0618. The minimum Gasteiger partial charge on any atom is -0.395 e. The molecule has 0 aromatic carbocycles. The van der Waals surface area contributed by atoms with Gasteiger partial charge in [0, 0.05) is 24.7 Å². The van der Waals surface area contributed by atoms with Gasteiger partial charge in [-0.25, -0.2) is 0 Å². The highest BCUT2D eigenvalue weighted by molar-refractivity contribution is 4.86. The summed E-state index contributed by atoms with van der Waals surface area (Å²) in [5, 5.41) is 12.8. The lowest BCUT2D eigenvalue weighted by Crippen LogP contribution is -2.51. The maximum Gasteiger partial charge on any atom is 0.0597 e. The number of rotatable bonds is 6. The van der Waals surface area contributed by atoms with E-state index < -0.39 is 0 Å². The van der Waals surface area contributed by atoms with E-state index in [-0.39, 0.29) is 12.6 Å². The van der Waals surface area contributed by atoms with E-state index in [0.717, 1.165) is 18.6 Å². The third kappa shape index (κ3) is 4.44. The predicted molar refractivity (Wildman–Crippen MR) is 80.4 cm³/mol. The first kappa shape index (κ1) is 15.3. The lowest BCUT2D eigenvalue weighted by atomic mass is 9.88. The highest BCUT2D eigenvalue weighted by Crippen LogP contribution is 2.30. The van der Waals surface area contributed by atoms with Crippen LogP contribution in [0.15, 0.2) is 0 Å². The first-order chi connectivity index (χ1) is 9.35. The summed E-state index contributed by atoms with van der Waals surface area (Å²) < 4.78 is 0. The monoisotopic (exact) mass is 268 g/mol. The van der Waals surface area contributed by atoms with Gasteiger partial charge in [-0.2, -0.15) is 0 Å². The normalized spacial score (nSPS) is 24.8. The Morgan fingerprint density at radius 3 is 1.79 bits per heavy atom. The molecule has 0 heterocycles. The van der Waals surface area contributed by atoms with Crippen LogP contribution in [0.4, 0.5) is 0 Å². The standard InChI is InChI=1S/C16H32N2O/c1-17-14(13-19)12-18(15-8-4-2-5-9-15)16-10-6-3-7-11-16/h14-17,19H,2-13H2,1H3. The lowest BCUT2D eigenvalue weighted by Gasteiger charge is -2.43. The van der Waals surface area contributed by atoms with Crippen LogP contribution in [0.5, 0.6) is 0 Å². The number of hydrogen-bond acceptors (Lipinski definition) is 3. The molecule has 3 nitrogen and oxygen atoms in total. The predicted octanol–water partition coefficient (Wildman–Crippen LogP) is 2.53. The van der Waals surface area contributed by atoms with Crippen LogP contribution in [0.2, 0.25) is 0 Å². The van der Waals surface area contributed by atoms with E-state index >= 15 is 0 Å². The summed E-state index contributed by atoms with van der Waals surface area (Å²) in [6.07, 6.45) is 13.9. The van der Waals surface area contributed by atoms with Gasteiger partial charge in [-0.1, -0.05) is 38.5 Å². The molecule has 2 aliphatic rings. The van der Waals surface area contributed by atoms with Crippen LogP contribution in [0.1, 0.15) is 64.2 Å². The molecule has 1 atom stereocenters. The zero-order valence-corrected chi connectivity index (χ0v) is 12.6. The Morgan fingerprint density at radius 2 is 1.42 bits per heavy atom. The van der Waals surface area contributed by atoms with Gasteiger partial charge in [-0.3, -0.25) is 4.90 Å². The number of aliphatic hydroxyl groups is 1. The fourth-order valence-corrected chi connectivity index (χ4v) is 3.92. The number of nitrogens with one attached hydrogen (secondary N) is 1. The summed E-state index contributed by atoms with van der Waals surface area (Å²) >= 11 is 0. The van der Waals surface area contributed by atoms with Gasteiger partial charge in [0.05, 0.1) is 6.61 Å². The maximum atomic E-state index is 9.48. The molecule has 1 unspecified atom stereocenters. The molecular formula is C16H32N2O. The van der Waals surface area contributed by atoms with Crippen LogP contribution in [-0.2, 0) is 0 Å². The van der Waals surface area contributed by atoms with E-state index in [2.05, 4.69) is 10.2 Å². The van der Waals surface area contributed by atoms with Gasteiger partial charge in [0.1, 0.15) is 0 Å². The molecule has 0 bridgehead atoms. The number of aliphatic hydroxyl groups excluding tert-OH is 1. The van der Waals surface area contributed by atoms with Gasteiger partial charge in [0.15, 0.2) is 0 Å². The van der Waals surface area contributed by atoms with Crippen molar-refractivity contribution in [2.24, 2.45) is 0 Å². The summed E-state index contributed by atoms with van der Waals surface area (Å²) in [5.74, 6) is 0. The van der Waals surface area contributed by atoms with Crippen molar-refractivity contribution in [1.29, 1.82) is 0 Å². The minimum absolute atomic E-state index is 0.240. The van der Waals surface area contributed by atoms with Crippen molar-refractivity contribution < 1.29 is 5.11 Å². The maximum absolute atomic E-state index is 9.48. The summed E-state index contributed by atoms with van der Waals surface area (Å²) in [4.78, 5) is 2.76. The van der Waals surface area contributed by atoms with Crippen molar-refractivity contribution in [2.45, 2.75) is 82.3 Å². The molecule has 2 aliphatic carbocycles. The Bertz CT molecular complexity index is 213. The van der Waals surface area contributed by atoms with Crippen LogP contribution in [0, 0.1) is 0 Å². The second-order valence-corrected chi connectivity index (χ2v) is 6.45. The van der Waals surface area contributed by atoms with Crippen LogP contribution in [-0.4, -0.2) is 48.3 Å². The van der Waals surface area contributed by atoms with Gasteiger partial charge in [-0.15, -0.1) is 0 Å². The van der Waals surface area contributed by atoms with Crippen molar-refractivity contribution in [3.8, 4) is 0 Å². The quantitative estimate of drug-likeness (QED) is 0.777. The first-order valence-electron chi connectivity index (χ1n) is 8.39. The molecule has 3 heteroatoms. The topological polar surface area (TPSA) is 35.5 Å². The average molecular weight is 268 g/mol. The second-order valence-electron chi connectivity index (χ2n) is 6.45. The molecule has 0 saturated heterocycles. The van der Waals surface area contributed by atoms with E-state index in [9.17, 15) is 5.11 Å². The summed E-state index contributed by atoms with van der Waals surface area (Å²) in [6, 6.07) is 1.79. The summed E-state index contributed by atoms with van der Waals surface area (Å²) in [5.41, 5.74) is 0. The van der Waals surface area contributed by atoms with Crippen LogP contribution in [0.25, 0.3) is 0 Å². The van der Waals surface area contributed by atoms with Crippen LogP contribution < -0.4 is 5.32 Å². The zero-order valence-electron chi connectivity index (χ0n) is 12.6. The average Bonchev–Trinajstić information content (AvgIpc) is 2.50. The van der Waals surface area contributed by atoms with Crippen LogP contribution >= 0.6 is 0 Å². The molecule has 2 saturated carbocycles. The van der Waals surface area contributed by atoms with Gasteiger partial charge in [-0.05, 0) is 32.7 Å². The van der Waals surface area contributed by atoms with E-state index in [1.165, 1.54) is 64.2 Å². The van der Waals surface area contributed by atoms with Crippen molar-refractivity contribution in [1.82, 2.24) is 10.2 Å². The summed E-state index contributed by atoms with van der Waals surface area (Å²) in [6.45, 7) is 1.29. The largest absolute Gasteiger partial charge is 0.395 e. The first-order valence-corrected chi connectivity index (χ1v) is 8.39. The molecule has 112 valence electrons. The zero-order chi connectivity index (χ0) is 13.5. The van der Waals surface area contributed by atoms with Crippen molar-refractivity contribution in [3.05, 3.63) is 0 Å². The fourth-order valence-electron chi connectivity index (χ4n) is 3.92. The molecule has 0 spiro atoms. The van der Waals surface area contributed by atoms with Gasteiger partial charge < -0.3 is 10.4 Å². The second kappa shape index (κ2) is 8.23. The van der Waals surface area contributed by atoms with Crippen molar-refractivity contribution in [2.75, 3.05) is 20.2 Å². The third-order valence-electron chi connectivity index (χ3n) is 5.15. The number of nitrogens with zero attached hydrogens (tertiary/aromatic N) is 1. The molecule has 2 N–H and O–H groups in total. The SMILES string of the molecule is CNC(CO)CN(C1CCCCC1)C1CCCCC1. The molecule has 0 aliphatic heterocycles. The van der Waals surface area contributed by atoms with E-state index in [1.807, 2.05) is 7.05 Å². The molecule has 0 radical (unpaired) electrons. The van der Waals surface area contributed by atoms with E-state index in [1.54, 1.807) is 0 Å². The number of hydrogen-bond donors (Lipinski definition) is 2. The minimum atomic E-state index is 0.240. The Balaban J connectivity index is 1.97. The highest BCUT2D eigenvalue weighted by atomic mass is 16.3. The molecule has 0 amide bonds. The third-order valence-corrected chi connectivity index (χ3v) is 5.15. The van der Waals surface area contributed by atoms with Crippen LogP contribution in [0.3, 0.4) is 0 Å². The summed E-state index contributed by atoms with van der Waals surface area (Å²) in [7, 11) is 1.97. The Morgan fingerprint density at radius 1 is 0.947 bits per heavy atom. The fraction of sp³-hybridized carbons (Fsp3) is 1.00. The Hall–Kier alpha value is -0.120. The highest BCUT2D eigenvalue weighted by Gasteiger charge is 2.29. The van der Waals surface area contributed by atoms with Gasteiger partial charge in [0.25, 0.3) is 0 Å². The molecule has 2 rings (SSSR count).